The quantitative estimate of drug-likeness (QED) is 0.593. The van der Waals surface area contributed by atoms with Gasteiger partial charge in [-0.3, -0.25) is 9.97 Å². The first-order valence-corrected chi connectivity index (χ1v) is 11.6. The first-order valence-electron chi connectivity index (χ1n) is 11.6. The fourth-order valence-corrected chi connectivity index (χ4v) is 6.38. The Balaban J connectivity index is 1.62. The molecular weight excluding hydrogens is 433 g/mol. The van der Waals surface area contributed by atoms with Crippen molar-refractivity contribution in [2.45, 2.75) is 76.4 Å². The average molecular weight is 460 g/mol. The lowest BCUT2D eigenvalue weighted by atomic mass is 9.69. The monoisotopic (exact) mass is 460 g/mol. The highest BCUT2D eigenvalue weighted by Crippen LogP contribution is 2.60. The second-order valence-corrected chi connectivity index (χ2v) is 10.7. The third-order valence-electron chi connectivity index (χ3n) is 7.87. The van der Waals surface area contributed by atoms with E-state index in [1.165, 1.54) is 6.07 Å². The molecule has 2 aliphatic carbocycles. The van der Waals surface area contributed by atoms with Crippen LogP contribution in [0.25, 0.3) is 0 Å². The van der Waals surface area contributed by atoms with Gasteiger partial charge in [-0.15, -0.1) is 0 Å². The van der Waals surface area contributed by atoms with Crippen molar-refractivity contribution in [3.63, 3.8) is 0 Å². The number of alkyl halides is 3. The normalized spacial score (nSPS) is 28.9. The van der Waals surface area contributed by atoms with E-state index in [0.29, 0.717) is 50.2 Å². The lowest BCUT2D eigenvalue weighted by Crippen LogP contribution is -2.37. The zero-order valence-corrected chi connectivity index (χ0v) is 18.9. The lowest BCUT2D eigenvalue weighted by molar-refractivity contribution is -0.138. The fraction of sp³-hybridized carbons (Fsp3) is 0.600. The molecule has 2 aromatic rings. The van der Waals surface area contributed by atoms with Crippen molar-refractivity contribution < 1.29 is 27.8 Å². The molecule has 1 saturated heterocycles. The van der Waals surface area contributed by atoms with E-state index in [0.717, 1.165) is 34.3 Å². The van der Waals surface area contributed by atoms with Gasteiger partial charge < -0.3 is 14.6 Å². The first-order chi connectivity index (χ1) is 15.5. The molecule has 5 nitrogen and oxygen atoms in total. The summed E-state index contributed by atoms with van der Waals surface area (Å²) in [6, 6.07) is 1.20. The summed E-state index contributed by atoms with van der Waals surface area (Å²) < 4.78 is 52.8. The van der Waals surface area contributed by atoms with E-state index in [-0.39, 0.29) is 11.3 Å². The van der Waals surface area contributed by atoms with Gasteiger partial charge in [0.2, 0.25) is 0 Å². The molecule has 0 bridgehead atoms. The van der Waals surface area contributed by atoms with Gasteiger partial charge in [0, 0.05) is 55.0 Å². The third kappa shape index (κ3) is 3.03. The Labute approximate surface area is 190 Å². The number of halogens is 3. The Morgan fingerprint density at radius 2 is 1.85 bits per heavy atom. The van der Waals surface area contributed by atoms with E-state index in [2.05, 4.69) is 18.8 Å². The molecule has 1 fully saturated rings. The number of hydrogen-bond acceptors (Lipinski definition) is 5. The highest BCUT2D eigenvalue weighted by atomic mass is 19.4. The molecule has 0 saturated carbocycles. The van der Waals surface area contributed by atoms with Crippen LogP contribution < -0.4 is 0 Å². The van der Waals surface area contributed by atoms with Crippen molar-refractivity contribution in [1.29, 1.82) is 0 Å². The van der Waals surface area contributed by atoms with Crippen LogP contribution in [-0.4, -0.2) is 28.3 Å². The zero-order valence-electron chi connectivity index (χ0n) is 18.9. The minimum absolute atomic E-state index is 0.122. The maximum Gasteiger partial charge on any atom is 0.417 e. The molecule has 33 heavy (non-hydrogen) atoms. The number of ether oxygens (including phenoxy) is 2. The van der Waals surface area contributed by atoms with Crippen LogP contribution in [0.15, 0.2) is 12.3 Å². The van der Waals surface area contributed by atoms with Gasteiger partial charge in [-0.25, -0.2) is 0 Å². The Bertz CT molecular complexity index is 1150. The Morgan fingerprint density at radius 3 is 2.55 bits per heavy atom. The van der Waals surface area contributed by atoms with Crippen LogP contribution in [0, 0.1) is 5.41 Å². The number of hydrogen-bond donors (Lipinski definition) is 1. The maximum absolute atomic E-state index is 13.5. The molecule has 3 atom stereocenters. The number of nitrogens with zero attached hydrogens (tertiary/aromatic N) is 2. The average Bonchev–Trinajstić information content (AvgIpc) is 3.05. The number of aromatic nitrogens is 2. The summed E-state index contributed by atoms with van der Waals surface area (Å²) in [6.07, 6.45) is -2.21. The summed E-state index contributed by atoms with van der Waals surface area (Å²) in [4.78, 5) is 9.31. The molecule has 2 aromatic heterocycles. The van der Waals surface area contributed by atoms with Crippen LogP contribution in [0.3, 0.4) is 0 Å². The number of aliphatic hydroxyl groups excluding tert-OH is 1. The molecule has 2 aliphatic heterocycles. The van der Waals surface area contributed by atoms with Crippen molar-refractivity contribution in [3.8, 4) is 0 Å². The highest BCUT2D eigenvalue weighted by molar-refractivity contribution is 5.58. The minimum Gasteiger partial charge on any atom is -0.388 e. The van der Waals surface area contributed by atoms with Gasteiger partial charge in [0.15, 0.2) is 0 Å². The zero-order chi connectivity index (χ0) is 23.3. The molecule has 0 aromatic carbocycles. The van der Waals surface area contributed by atoms with Crippen LogP contribution in [0.2, 0.25) is 0 Å². The first kappa shape index (κ1) is 21.5. The second-order valence-electron chi connectivity index (χ2n) is 10.7. The molecule has 4 heterocycles. The maximum atomic E-state index is 13.5. The van der Waals surface area contributed by atoms with Gasteiger partial charge in [-0.1, -0.05) is 20.8 Å². The summed E-state index contributed by atoms with van der Waals surface area (Å²) >= 11 is 0. The van der Waals surface area contributed by atoms with E-state index in [9.17, 15) is 18.3 Å². The van der Waals surface area contributed by atoms with E-state index < -0.39 is 29.5 Å². The number of aliphatic hydroxyl groups is 1. The van der Waals surface area contributed by atoms with Crippen LogP contribution in [0.1, 0.15) is 103 Å². The summed E-state index contributed by atoms with van der Waals surface area (Å²) in [6.45, 7) is 7.18. The van der Waals surface area contributed by atoms with Crippen molar-refractivity contribution in [2.75, 3.05) is 13.2 Å². The lowest BCUT2D eigenvalue weighted by Gasteiger charge is -2.40. The molecule has 1 spiro atoms. The van der Waals surface area contributed by atoms with Gasteiger partial charge in [0.1, 0.15) is 6.10 Å². The largest absolute Gasteiger partial charge is 0.417 e. The Morgan fingerprint density at radius 1 is 1.12 bits per heavy atom. The molecule has 0 radical (unpaired) electrons. The molecule has 4 aliphatic rings. The van der Waals surface area contributed by atoms with Crippen molar-refractivity contribution >= 4 is 0 Å². The van der Waals surface area contributed by atoms with Crippen molar-refractivity contribution in [3.05, 3.63) is 57.2 Å². The minimum atomic E-state index is -4.47. The van der Waals surface area contributed by atoms with Gasteiger partial charge in [-0.05, 0) is 35.4 Å². The summed E-state index contributed by atoms with van der Waals surface area (Å²) in [5.74, 6) is -0.356. The molecule has 3 unspecified atom stereocenters. The van der Waals surface area contributed by atoms with Crippen LogP contribution >= 0.6 is 0 Å². The van der Waals surface area contributed by atoms with E-state index in [1.807, 2.05) is 6.92 Å². The summed E-state index contributed by atoms with van der Waals surface area (Å²) in [5, 5.41) is 11.3. The molecule has 6 rings (SSSR count). The smallest absolute Gasteiger partial charge is 0.388 e. The number of pyridine rings is 2. The van der Waals surface area contributed by atoms with E-state index >= 15 is 0 Å². The Kier molecular flexibility index (Phi) is 4.41. The van der Waals surface area contributed by atoms with Crippen molar-refractivity contribution in [1.82, 2.24) is 9.97 Å². The van der Waals surface area contributed by atoms with E-state index in [1.54, 1.807) is 0 Å². The molecule has 8 heteroatoms. The second kappa shape index (κ2) is 6.77. The molecule has 1 N–H and O–H groups in total. The van der Waals surface area contributed by atoms with Gasteiger partial charge in [-0.2, -0.15) is 13.2 Å². The highest BCUT2D eigenvalue weighted by Gasteiger charge is 2.55. The van der Waals surface area contributed by atoms with Gasteiger partial charge in [0.25, 0.3) is 0 Å². The molecule has 0 amide bonds. The summed E-state index contributed by atoms with van der Waals surface area (Å²) in [7, 11) is 0. The molecular formula is C25H27F3N2O3. The third-order valence-corrected chi connectivity index (χ3v) is 7.87. The topological polar surface area (TPSA) is 64.5 Å². The van der Waals surface area contributed by atoms with Crippen LogP contribution in [-0.2, 0) is 27.7 Å². The van der Waals surface area contributed by atoms with Gasteiger partial charge in [0.05, 0.1) is 28.7 Å². The number of fused-ring (bicyclic) bond motifs is 5. The van der Waals surface area contributed by atoms with Gasteiger partial charge >= 0.3 is 6.18 Å². The predicted molar refractivity (Wildman–Crippen MR) is 113 cm³/mol. The number of rotatable bonds is 0. The van der Waals surface area contributed by atoms with Crippen molar-refractivity contribution in [2.24, 2.45) is 5.41 Å². The fourth-order valence-electron chi connectivity index (χ4n) is 6.38. The Hall–Kier alpha value is -2.03. The van der Waals surface area contributed by atoms with E-state index in [4.69, 9.17) is 14.5 Å². The molecule has 176 valence electrons. The SMILES string of the molecule is CC1c2cc(C(F)(F)F)cnc2C2OC3(CCOCC3)c3c4c(nc1c32)CC(C)(C)CC4O. The van der Waals surface area contributed by atoms with Crippen LogP contribution in [0.4, 0.5) is 13.2 Å². The van der Waals surface area contributed by atoms with Crippen LogP contribution in [0.5, 0.6) is 0 Å². The summed E-state index contributed by atoms with van der Waals surface area (Å²) in [5.41, 5.74) is 3.88. The standard InChI is InChI=1S/C25H27F3N2O3/c1-12-14-8-13(25(26,27)28)11-29-21(14)22-18-19(24(33-22)4-6-32-7-5-24)17-15(30-20(12)18)9-23(2,3)10-16(17)31/h8,11-12,16,22,31H,4-7,9-10H2,1-3H3. The predicted octanol–water partition coefficient (Wildman–Crippen LogP) is 5.09.